The zero-order valence-corrected chi connectivity index (χ0v) is 8.39. The van der Waals surface area contributed by atoms with Crippen LogP contribution in [0.3, 0.4) is 0 Å². The van der Waals surface area contributed by atoms with E-state index in [-0.39, 0.29) is 7.33 Å². The van der Waals surface area contributed by atoms with Crippen LogP contribution >= 0.6 is 0 Å². The molecule has 3 nitrogen and oxygen atoms in total. The molecule has 0 aliphatic rings. The predicted molar refractivity (Wildman–Crippen MR) is 52.0 cm³/mol. The van der Waals surface area contributed by atoms with Crippen molar-refractivity contribution in [1.29, 1.82) is 0 Å². The zero-order chi connectivity index (χ0) is 9.98. The van der Waals surface area contributed by atoms with Crippen LogP contribution in [0.2, 0.25) is 0 Å². The molecule has 0 heterocycles. The van der Waals surface area contributed by atoms with Crippen molar-refractivity contribution in [1.82, 2.24) is 5.32 Å². The Balaban J connectivity index is -0.000000220. The molecule has 0 radical (unpaired) electrons. The van der Waals surface area contributed by atoms with Crippen molar-refractivity contribution in [2.45, 2.75) is 34.1 Å². The molecule has 0 aromatic heterocycles. The first-order valence-electron chi connectivity index (χ1n) is 4.24. The average molecular weight is 175 g/mol. The monoisotopic (exact) mass is 175 g/mol. The van der Waals surface area contributed by atoms with Crippen molar-refractivity contribution in [3.63, 3.8) is 0 Å². The second kappa shape index (κ2) is 10.1. The molecule has 0 aliphatic carbocycles. The summed E-state index contributed by atoms with van der Waals surface area (Å²) < 4.78 is 0. The summed E-state index contributed by atoms with van der Waals surface area (Å²) in [4.78, 5) is 19.4. The Hall–Kier alpha value is -0.860. The summed E-state index contributed by atoms with van der Waals surface area (Å²) in [5.74, 6) is 0.698. The van der Waals surface area contributed by atoms with E-state index in [0.717, 1.165) is 12.8 Å². The molecule has 1 N–H and O–H groups in total. The number of carbonyl (C=O) groups excluding carboxylic acids is 2. The lowest BCUT2D eigenvalue weighted by Crippen LogP contribution is -2.26. The maximum atomic E-state index is 10.6. The SMILES string of the molecule is CC=O.CCC(=O)NCC(C)C.[HH]. The number of hydrogen-bond acceptors (Lipinski definition) is 2. The van der Waals surface area contributed by atoms with Gasteiger partial charge >= 0.3 is 0 Å². The molecule has 0 unspecified atom stereocenters. The minimum atomic E-state index is 0. The van der Waals surface area contributed by atoms with E-state index in [1.54, 1.807) is 0 Å². The Morgan fingerprint density at radius 2 is 2.00 bits per heavy atom. The predicted octanol–water partition coefficient (Wildman–Crippen LogP) is 1.62. The van der Waals surface area contributed by atoms with Crippen LogP contribution in [0.1, 0.15) is 35.5 Å². The first-order chi connectivity index (χ1) is 5.58. The standard InChI is InChI=1S/C7H15NO.C2H4O.H2/c1-4-7(9)8-5-6(2)3;1-2-3;/h6H,4-5H2,1-3H3,(H,8,9);2H,1H3;1H. The molecule has 0 fully saturated rings. The van der Waals surface area contributed by atoms with Crippen LogP contribution in [0.4, 0.5) is 0 Å². The molecule has 0 aromatic rings. The van der Waals surface area contributed by atoms with Crippen LogP contribution in [-0.2, 0) is 9.59 Å². The minimum absolute atomic E-state index is 0. The Kier molecular flexibility index (Phi) is 11.6. The highest BCUT2D eigenvalue weighted by Gasteiger charge is 1.96. The van der Waals surface area contributed by atoms with Crippen molar-refractivity contribution >= 4 is 12.2 Å². The van der Waals surface area contributed by atoms with Crippen molar-refractivity contribution in [3.05, 3.63) is 0 Å². The first-order valence-corrected chi connectivity index (χ1v) is 4.24. The van der Waals surface area contributed by atoms with E-state index in [1.165, 1.54) is 6.92 Å². The highest BCUT2D eigenvalue weighted by atomic mass is 16.1. The summed E-state index contributed by atoms with van der Waals surface area (Å²) in [6, 6.07) is 0. The molecule has 3 heteroatoms. The van der Waals surface area contributed by atoms with E-state index in [9.17, 15) is 4.79 Å². The van der Waals surface area contributed by atoms with Crippen molar-refractivity contribution < 1.29 is 11.0 Å². The van der Waals surface area contributed by atoms with E-state index in [4.69, 9.17) is 4.79 Å². The van der Waals surface area contributed by atoms with Crippen LogP contribution < -0.4 is 5.32 Å². The third kappa shape index (κ3) is 16.1. The lowest BCUT2D eigenvalue weighted by atomic mass is 10.2. The van der Waals surface area contributed by atoms with Crippen LogP contribution in [0.5, 0.6) is 0 Å². The van der Waals surface area contributed by atoms with E-state index in [1.807, 2.05) is 6.92 Å². The molecule has 0 saturated carbocycles. The van der Waals surface area contributed by atoms with E-state index in [0.29, 0.717) is 12.3 Å². The normalized spacial score (nSPS) is 8.42. The number of carbonyl (C=O) groups is 2. The summed E-state index contributed by atoms with van der Waals surface area (Å²) in [5.41, 5.74) is 0. The van der Waals surface area contributed by atoms with Gasteiger partial charge < -0.3 is 10.1 Å². The average Bonchev–Trinajstić information content (AvgIpc) is 2.01. The first kappa shape index (κ1) is 13.7. The van der Waals surface area contributed by atoms with Crippen LogP contribution in [0.25, 0.3) is 0 Å². The fourth-order valence-corrected chi connectivity index (χ4v) is 0.443. The quantitative estimate of drug-likeness (QED) is 0.662. The van der Waals surface area contributed by atoms with Gasteiger partial charge in [-0.15, -0.1) is 0 Å². The molecule has 12 heavy (non-hydrogen) atoms. The second-order valence-electron chi connectivity index (χ2n) is 2.79. The minimum Gasteiger partial charge on any atom is -0.356 e. The Morgan fingerprint density at radius 1 is 1.58 bits per heavy atom. The number of aldehydes is 1. The van der Waals surface area contributed by atoms with Gasteiger partial charge in [0.25, 0.3) is 0 Å². The molecule has 0 saturated heterocycles. The molecule has 0 spiro atoms. The Morgan fingerprint density at radius 3 is 2.25 bits per heavy atom. The Labute approximate surface area is 76.0 Å². The van der Waals surface area contributed by atoms with Gasteiger partial charge in [-0.3, -0.25) is 4.79 Å². The number of rotatable bonds is 3. The highest BCUT2D eigenvalue weighted by Crippen LogP contribution is 1.87. The zero-order valence-electron chi connectivity index (χ0n) is 8.39. The van der Waals surface area contributed by atoms with Gasteiger partial charge in [-0.2, -0.15) is 0 Å². The third-order valence-corrected chi connectivity index (χ3v) is 1.03. The fourth-order valence-electron chi connectivity index (χ4n) is 0.443. The summed E-state index contributed by atoms with van der Waals surface area (Å²) >= 11 is 0. The topological polar surface area (TPSA) is 46.2 Å². The molecule has 0 bridgehead atoms. The van der Waals surface area contributed by atoms with Gasteiger partial charge in [0.2, 0.25) is 5.91 Å². The summed E-state index contributed by atoms with van der Waals surface area (Å²) in [5, 5.41) is 2.79. The van der Waals surface area contributed by atoms with Gasteiger partial charge in [-0.1, -0.05) is 20.8 Å². The smallest absolute Gasteiger partial charge is 0.219 e. The van der Waals surface area contributed by atoms with Crippen LogP contribution in [-0.4, -0.2) is 18.7 Å². The largest absolute Gasteiger partial charge is 0.356 e. The van der Waals surface area contributed by atoms with Crippen molar-refractivity contribution in [3.8, 4) is 0 Å². The fraction of sp³-hybridized carbons (Fsp3) is 0.778. The number of hydrogen-bond donors (Lipinski definition) is 1. The number of nitrogens with one attached hydrogen (secondary N) is 1. The van der Waals surface area contributed by atoms with Gasteiger partial charge in [-0.25, -0.2) is 0 Å². The second-order valence-corrected chi connectivity index (χ2v) is 2.79. The maximum absolute atomic E-state index is 10.6. The van der Waals surface area contributed by atoms with Gasteiger partial charge in [0, 0.05) is 14.4 Å². The summed E-state index contributed by atoms with van der Waals surface area (Å²) in [7, 11) is 0. The lowest BCUT2D eigenvalue weighted by molar-refractivity contribution is -0.120. The van der Waals surface area contributed by atoms with Crippen molar-refractivity contribution in [2.24, 2.45) is 5.92 Å². The van der Waals surface area contributed by atoms with Gasteiger partial charge in [0.15, 0.2) is 0 Å². The molecule has 74 valence electrons. The molecule has 0 aromatic carbocycles. The molecule has 0 rings (SSSR count). The van der Waals surface area contributed by atoms with Gasteiger partial charge in [0.05, 0.1) is 0 Å². The molecule has 0 atom stereocenters. The highest BCUT2D eigenvalue weighted by molar-refractivity contribution is 5.75. The van der Waals surface area contributed by atoms with Gasteiger partial charge in [-0.05, 0) is 12.8 Å². The third-order valence-electron chi connectivity index (χ3n) is 1.03. The summed E-state index contributed by atoms with van der Waals surface area (Å²) in [6.45, 7) is 8.26. The maximum Gasteiger partial charge on any atom is 0.219 e. The number of amides is 1. The molecule has 1 amide bonds. The van der Waals surface area contributed by atoms with E-state index < -0.39 is 0 Å². The summed E-state index contributed by atoms with van der Waals surface area (Å²) in [6.07, 6.45) is 1.34. The van der Waals surface area contributed by atoms with Crippen LogP contribution in [0.15, 0.2) is 0 Å². The Bertz CT molecular complexity index is 127. The van der Waals surface area contributed by atoms with Crippen molar-refractivity contribution in [2.75, 3.05) is 6.54 Å². The molecular weight excluding hydrogens is 154 g/mol. The lowest BCUT2D eigenvalue weighted by Gasteiger charge is -2.04. The molecule has 0 aliphatic heterocycles. The van der Waals surface area contributed by atoms with Crippen LogP contribution in [0, 0.1) is 5.92 Å². The van der Waals surface area contributed by atoms with E-state index >= 15 is 0 Å². The molecular formula is C9H21NO2. The van der Waals surface area contributed by atoms with Gasteiger partial charge in [0.1, 0.15) is 6.29 Å². The van der Waals surface area contributed by atoms with E-state index in [2.05, 4.69) is 19.2 Å².